The molecule has 0 N–H and O–H groups in total. The Kier molecular flexibility index (Phi) is 4.07. The number of rotatable bonds is 3. The van der Waals surface area contributed by atoms with E-state index in [0.717, 1.165) is 23.3 Å². The highest BCUT2D eigenvalue weighted by atomic mass is 15.1. The molecule has 0 aliphatic heterocycles. The maximum absolute atomic E-state index is 9.33. The third-order valence-electron chi connectivity index (χ3n) is 4.45. The lowest BCUT2D eigenvalue weighted by molar-refractivity contribution is 0.590. The first kappa shape index (κ1) is 16.1. The summed E-state index contributed by atoms with van der Waals surface area (Å²) in [4.78, 5) is 2.21. The van der Waals surface area contributed by atoms with E-state index < -0.39 is 0 Å². The van der Waals surface area contributed by atoms with Gasteiger partial charge in [0.15, 0.2) is 0 Å². The second-order valence-corrected chi connectivity index (χ2v) is 7.27. The van der Waals surface area contributed by atoms with Gasteiger partial charge in [-0.25, -0.2) is 0 Å². The van der Waals surface area contributed by atoms with Crippen molar-refractivity contribution in [2.24, 2.45) is 0 Å². The molecule has 0 unspecified atom stereocenters. The van der Waals surface area contributed by atoms with Crippen molar-refractivity contribution in [3.8, 4) is 6.07 Å². The minimum absolute atomic E-state index is 0.163. The Hall–Kier alpha value is -2.73. The van der Waals surface area contributed by atoms with E-state index >= 15 is 0 Å². The zero-order valence-corrected chi connectivity index (χ0v) is 14.7. The van der Waals surface area contributed by atoms with Gasteiger partial charge in [0.25, 0.3) is 0 Å². The van der Waals surface area contributed by atoms with Crippen LogP contribution >= 0.6 is 0 Å². The molecule has 0 saturated carbocycles. The molecule has 0 atom stereocenters. The summed E-state index contributed by atoms with van der Waals surface area (Å²) in [5, 5.41) is 9.33. The van der Waals surface area contributed by atoms with Crippen molar-refractivity contribution in [1.82, 2.24) is 4.40 Å². The Morgan fingerprint density at radius 2 is 1.79 bits per heavy atom. The van der Waals surface area contributed by atoms with Crippen molar-refractivity contribution >= 4 is 11.2 Å². The van der Waals surface area contributed by atoms with Crippen LogP contribution in [0.15, 0.2) is 54.7 Å². The van der Waals surface area contributed by atoms with E-state index in [-0.39, 0.29) is 5.41 Å². The van der Waals surface area contributed by atoms with E-state index in [1.54, 1.807) is 0 Å². The number of pyridine rings is 1. The van der Waals surface area contributed by atoms with Gasteiger partial charge in [-0.05, 0) is 41.3 Å². The van der Waals surface area contributed by atoms with Crippen molar-refractivity contribution in [1.29, 1.82) is 5.26 Å². The standard InChI is InChI=1S/C21H23N3/c1-21(2,3)17-8-10-18(11-9-17)23(4)15-19-13-16(14-22)20-7-5-6-12-24(19)20/h5-13H,15H2,1-4H3. The van der Waals surface area contributed by atoms with Crippen LogP contribution in [0.25, 0.3) is 5.52 Å². The number of nitriles is 1. The molecule has 0 fully saturated rings. The highest BCUT2D eigenvalue weighted by molar-refractivity contribution is 5.63. The van der Waals surface area contributed by atoms with Crippen LogP contribution in [0.4, 0.5) is 5.69 Å². The Labute approximate surface area is 143 Å². The Bertz CT molecular complexity index is 889. The zero-order valence-electron chi connectivity index (χ0n) is 14.7. The number of anilines is 1. The minimum Gasteiger partial charge on any atom is -0.369 e. The van der Waals surface area contributed by atoms with Crippen molar-refractivity contribution < 1.29 is 0 Å². The second kappa shape index (κ2) is 6.05. The van der Waals surface area contributed by atoms with Gasteiger partial charge in [0.2, 0.25) is 0 Å². The molecule has 0 aliphatic carbocycles. The third-order valence-corrected chi connectivity index (χ3v) is 4.45. The van der Waals surface area contributed by atoms with Gasteiger partial charge in [0.05, 0.1) is 17.6 Å². The molecule has 0 aliphatic rings. The number of hydrogen-bond acceptors (Lipinski definition) is 2. The smallest absolute Gasteiger partial charge is 0.101 e. The van der Waals surface area contributed by atoms with Gasteiger partial charge in [0.1, 0.15) is 6.07 Å². The van der Waals surface area contributed by atoms with Gasteiger partial charge in [-0.3, -0.25) is 0 Å². The van der Waals surface area contributed by atoms with E-state index in [9.17, 15) is 5.26 Å². The lowest BCUT2D eigenvalue weighted by Crippen LogP contribution is -2.18. The van der Waals surface area contributed by atoms with E-state index in [0.29, 0.717) is 0 Å². The van der Waals surface area contributed by atoms with Crippen molar-refractivity contribution in [2.45, 2.75) is 32.7 Å². The summed E-state index contributed by atoms with van der Waals surface area (Å²) in [6, 6.07) is 18.9. The van der Waals surface area contributed by atoms with Crippen LogP contribution in [-0.2, 0) is 12.0 Å². The average molecular weight is 317 g/mol. The molecule has 0 radical (unpaired) electrons. The van der Waals surface area contributed by atoms with Gasteiger partial charge in [-0.2, -0.15) is 5.26 Å². The predicted molar refractivity (Wildman–Crippen MR) is 99.4 cm³/mol. The predicted octanol–water partition coefficient (Wildman–Crippen LogP) is 4.74. The molecule has 2 aromatic heterocycles. The van der Waals surface area contributed by atoms with E-state index in [1.165, 1.54) is 11.3 Å². The third kappa shape index (κ3) is 3.00. The van der Waals surface area contributed by atoms with Crippen LogP contribution in [0.5, 0.6) is 0 Å². The number of nitrogens with zero attached hydrogens (tertiary/aromatic N) is 3. The number of fused-ring (bicyclic) bond motifs is 1. The average Bonchev–Trinajstić information content (AvgIpc) is 2.92. The fourth-order valence-electron chi connectivity index (χ4n) is 2.98. The van der Waals surface area contributed by atoms with Gasteiger partial charge < -0.3 is 9.30 Å². The fraction of sp³-hybridized carbons (Fsp3) is 0.286. The van der Waals surface area contributed by atoms with Crippen molar-refractivity contribution in [3.63, 3.8) is 0 Å². The summed E-state index contributed by atoms with van der Waals surface area (Å²) in [6.07, 6.45) is 2.02. The van der Waals surface area contributed by atoms with Gasteiger partial charge in [-0.15, -0.1) is 0 Å². The van der Waals surface area contributed by atoms with E-state index in [4.69, 9.17) is 0 Å². The first-order valence-corrected chi connectivity index (χ1v) is 8.21. The molecular formula is C21H23N3. The monoisotopic (exact) mass is 317 g/mol. The molecule has 2 heterocycles. The lowest BCUT2D eigenvalue weighted by Gasteiger charge is -2.23. The molecule has 3 rings (SSSR count). The summed E-state index contributed by atoms with van der Waals surface area (Å²) < 4.78 is 2.10. The molecule has 24 heavy (non-hydrogen) atoms. The van der Waals surface area contributed by atoms with Gasteiger partial charge in [0, 0.05) is 24.6 Å². The normalized spacial score (nSPS) is 11.5. The maximum atomic E-state index is 9.33. The summed E-state index contributed by atoms with van der Waals surface area (Å²) in [5.41, 5.74) is 5.47. The molecule has 3 heteroatoms. The Morgan fingerprint density at radius 1 is 1.08 bits per heavy atom. The van der Waals surface area contributed by atoms with Crippen LogP contribution < -0.4 is 4.90 Å². The minimum atomic E-state index is 0.163. The van der Waals surface area contributed by atoms with Crippen LogP contribution in [0.1, 0.15) is 37.6 Å². The van der Waals surface area contributed by atoms with E-state index in [1.807, 2.05) is 30.5 Å². The van der Waals surface area contributed by atoms with Gasteiger partial charge >= 0.3 is 0 Å². The molecule has 1 aromatic carbocycles. The highest BCUT2D eigenvalue weighted by Gasteiger charge is 2.14. The summed E-state index contributed by atoms with van der Waals surface area (Å²) >= 11 is 0. The maximum Gasteiger partial charge on any atom is 0.101 e. The SMILES string of the molecule is CN(Cc1cc(C#N)c2ccccn12)c1ccc(C(C)(C)C)cc1. The summed E-state index contributed by atoms with van der Waals surface area (Å²) in [5.74, 6) is 0. The largest absolute Gasteiger partial charge is 0.369 e. The van der Waals surface area contributed by atoms with Crippen LogP contribution in [0.2, 0.25) is 0 Å². The fourth-order valence-corrected chi connectivity index (χ4v) is 2.98. The molecule has 3 aromatic rings. The van der Waals surface area contributed by atoms with Crippen molar-refractivity contribution in [2.75, 3.05) is 11.9 Å². The van der Waals surface area contributed by atoms with Crippen LogP contribution in [0, 0.1) is 11.3 Å². The molecule has 0 saturated heterocycles. The molecule has 0 bridgehead atoms. The highest BCUT2D eigenvalue weighted by Crippen LogP contribution is 2.25. The van der Waals surface area contributed by atoms with Crippen molar-refractivity contribution in [3.05, 3.63) is 71.5 Å². The lowest BCUT2D eigenvalue weighted by atomic mass is 9.87. The number of aromatic nitrogens is 1. The van der Waals surface area contributed by atoms with Gasteiger partial charge in [-0.1, -0.05) is 39.0 Å². The molecule has 0 spiro atoms. The summed E-state index contributed by atoms with van der Waals surface area (Å²) in [6.45, 7) is 7.42. The molecule has 122 valence electrons. The Morgan fingerprint density at radius 3 is 2.42 bits per heavy atom. The topological polar surface area (TPSA) is 31.4 Å². The number of benzene rings is 1. The quantitative estimate of drug-likeness (QED) is 0.698. The second-order valence-electron chi connectivity index (χ2n) is 7.27. The van der Waals surface area contributed by atoms with Crippen LogP contribution in [0.3, 0.4) is 0 Å². The Balaban J connectivity index is 1.88. The first-order valence-electron chi connectivity index (χ1n) is 8.21. The first-order chi connectivity index (χ1) is 11.4. The number of hydrogen-bond donors (Lipinski definition) is 0. The zero-order chi connectivity index (χ0) is 17.3. The molecule has 3 nitrogen and oxygen atoms in total. The van der Waals surface area contributed by atoms with Crippen LogP contribution in [-0.4, -0.2) is 11.4 Å². The summed E-state index contributed by atoms with van der Waals surface area (Å²) in [7, 11) is 2.08. The molecule has 0 amide bonds. The van der Waals surface area contributed by atoms with E-state index in [2.05, 4.69) is 67.5 Å². The molecular weight excluding hydrogens is 294 g/mol.